The maximum Gasteiger partial charge on any atom is 0.405 e. The van der Waals surface area contributed by atoms with Gasteiger partial charge in [0.25, 0.3) is 11.8 Å². The number of nitrogens with zero attached hydrogens (tertiary/aromatic N) is 2. The van der Waals surface area contributed by atoms with Crippen LogP contribution < -0.4 is 43.8 Å². The standard InChI is InChI=1S/C18H30N10O7/c19-4-6-22-15(30)10-12(20)28-11(13(21)27-10)16(31)24-8-7-23-14(29)9(26-18(34)35)3-1-2-5-25-17(32)33/h9,25-26H,1-8,19H2,(H2,20,28)(H2,21,27)(H,22,30)(H,23,29)(H,24,31)(H,32,33)(H,34,35). The van der Waals surface area contributed by atoms with E-state index in [-0.39, 0.29) is 62.2 Å². The summed E-state index contributed by atoms with van der Waals surface area (Å²) in [5.74, 6) is -2.67. The van der Waals surface area contributed by atoms with E-state index in [9.17, 15) is 24.0 Å². The summed E-state index contributed by atoms with van der Waals surface area (Å²) in [5, 5.41) is 29.1. The molecule has 0 aliphatic heterocycles. The molecule has 1 atom stereocenters. The molecule has 1 aromatic rings. The van der Waals surface area contributed by atoms with Crippen LogP contribution in [0.15, 0.2) is 0 Å². The van der Waals surface area contributed by atoms with Crippen LogP contribution >= 0.6 is 0 Å². The molecular formula is C18H30N10O7. The van der Waals surface area contributed by atoms with Gasteiger partial charge in [-0.25, -0.2) is 19.6 Å². The fourth-order valence-corrected chi connectivity index (χ4v) is 2.72. The molecular weight excluding hydrogens is 468 g/mol. The van der Waals surface area contributed by atoms with Gasteiger partial charge < -0.3 is 54.0 Å². The van der Waals surface area contributed by atoms with Gasteiger partial charge in [0, 0.05) is 32.7 Å². The van der Waals surface area contributed by atoms with Crippen LogP contribution in [0.1, 0.15) is 40.2 Å². The molecule has 1 aromatic heterocycles. The molecule has 194 valence electrons. The minimum Gasteiger partial charge on any atom is -0.465 e. The Bertz CT molecular complexity index is 927. The highest BCUT2D eigenvalue weighted by Crippen LogP contribution is 2.13. The lowest BCUT2D eigenvalue weighted by molar-refractivity contribution is -0.123. The van der Waals surface area contributed by atoms with Gasteiger partial charge in [0.15, 0.2) is 23.0 Å². The summed E-state index contributed by atoms with van der Waals surface area (Å²) in [6.45, 7) is 0.429. The molecule has 0 fully saturated rings. The molecule has 17 heteroatoms. The van der Waals surface area contributed by atoms with Crippen molar-refractivity contribution in [1.82, 2.24) is 36.6 Å². The van der Waals surface area contributed by atoms with Crippen molar-refractivity contribution in [2.45, 2.75) is 25.3 Å². The normalized spacial score (nSPS) is 11.1. The molecule has 0 radical (unpaired) electrons. The Morgan fingerprint density at radius 1 is 0.743 bits per heavy atom. The first-order valence-corrected chi connectivity index (χ1v) is 10.5. The maximum atomic E-state index is 12.3. The van der Waals surface area contributed by atoms with Crippen LogP contribution in [0.5, 0.6) is 0 Å². The van der Waals surface area contributed by atoms with E-state index in [0.29, 0.717) is 12.8 Å². The second-order valence-corrected chi connectivity index (χ2v) is 7.01. The highest BCUT2D eigenvalue weighted by molar-refractivity contribution is 6.00. The lowest BCUT2D eigenvalue weighted by Gasteiger charge is -2.17. The Labute approximate surface area is 199 Å². The van der Waals surface area contributed by atoms with E-state index >= 15 is 0 Å². The summed E-state index contributed by atoms with van der Waals surface area (Å²) < 4.78 is 0. The number of carboxylic acid groups (broad SMARTS) is 2. The number of nitrogens with two attached hydrogens (primary N) is 3. The van der Waals surface area contributed by atoms with Crippen LogP contribution in [0.4, 0.5) is 21.2 Å². The van der Waals surface area contributed by atoms with Crippen LogP contribution in [0.25, 0.3) is 0 Å². The number of carbonyl (C=O) groups is 5. The minimum atomic E-state index is -1.39. The summed E-state index contributed by atoms with van der Waals surface area (Å²) in [7, 11) is 0. The average Bonchev–Trinajstić information content (AvgIpc) is 2.79. The molecule has 5 amide bonds. The monoisotopic (exact) mass is 498 g/mol. The Morgan fingerprint density at radius 3 is 1.80 bits per heavy atom. The van der Waals surface area contributed by atoms with E-state index in [1.807, 2.05) is 0 Å². The number of carbonyl (C=O) groups excluding carboxylic acids is 3. The largest absolute Gasteiger partial charge is 0.465 e. The van der Waals surface area contributed by atoms with Gasteiger partial charge in [-0.2, -0.15) is 0 Å². The van der Waals surface area contributed by atoms with E-state index in [0.717, 1.165) is 0 Å². The molecule has 0 bridgehead atoms. The Hall–Kier alpha value is -4.41. The van der Waals surface area contributed by atoms with Crippen molar-refractivity contribution >= 4 is 41.5 Å². The first-order valence-electron chi connectivity index (χ1n) is 10.5. The topological polar surface area (TPSA) is 290 Å². The number of rotatable bonds is 14. The SMILES string of the molecule is NCCNC(=O)c1nc(N)c(C(=O)NCCNC(=O)C(CCCCNC(=O)O)NC(=O)O)nc1N. The zero-order chi connectivity index (χ0) is 26.4. The third kappa shape index (κ3) is 10.4. The van der Waals surface area contributed by atoms with Crippen molar-refractivity contribution in [2.24, 2.45) is 5.73 Å². The van der Waals surface area contributed by atoms with E-state index in [1.54, 1.807) is 0 Å². The number of unbranched alkanes of at least 4 members (excludes halogenated alkanes) is 1. The Balaban J connectivity index is 2.56. The van der Waals surface area contributed by atoms with Crippen molar-refractivity contribution in [3.05, 3.63) is 11.4 Å². The number of hydrogen-bond donors (Lipinski definition) is 10. The van der Waals surface area contributed by atoms with Crippen molar-refractivity contribution in [3.8, 4) is 0 Å². The molecule has 0 saturated carbocycles. The molecule has 0 aromatic carbocycles. The van der Waals surface area contributed by atoms with E-state index in [1.165, 1.54) is 0 Å². The molecule has 35 heavy (non-hydrogen) atoms. The molecule has 0 saturated heterocycles. The zero-order valence-corrected chi connectivity index (χ0v) is 18.8. The highest BCUT2D eigenvalue weighted by Gasteiger charge is 2.21. The average molecular weight is 499 g/mol. The predicted octanol–water partition coefficient (Wildman–Crippen LogP) is -2.75. The van der Waals surface area contributed by atoms with Gasteiger partial charge in [-0.05, 0) is 19.3 Å². The van der Waals surface area contributed by atoms with Crippen LogP contribution in [0.3, 0.4) is 0 Å². The van der Waals surface area contributed by atoms with Gasteiger partial charge >= 0.3 is 12.2 Å². The Morgan fingerprint density at radius 2 is 1.29 bits per heavy atom. The molecule has 1 unspecified atom stereocenters. The van der Waals surface area contributed by atoms with Gasteiger partial charge in [-0.3, -0.25) is 14.4 Å². The Kier molecular flexibility index (Phi) is 12.0. The van der Waals surface area contributed by atoms with E-state index in [4.69, 9.17) is 27.4 Å². The third-order valence-corrected chi connectivity index (χ3v) is 4.33. The first-order chi connectivity index (χ1) is 16.6. The predicted molar refractivity (Wildman–Crippen MR) is 122 cm³/mol. The fraction of sp³-hybridized carbons (Fsp3) is 0.500. The number of hydrogen-bond acceptors (Lipinski definition) is 10. The third-order valence-electron chi connectivity index (χ3n) is 4.33. The summed E-state index contributed by atoms with van der Waals surface area (Å²) in [6.07, 6.45) is -1.64. The van der Waals surface area contributed by atoms with Crippen LogP contribution in [-0.4, -0.2) is 88.9 Å². The molecule has 0 spiro atoms. The van der Waals surface area contributed by atoms with Gasteiger partial charge in [0.2, 0.25) is 5.91 Å². The molecule has 1 heterocycles. The highest BCUT2D eigenvalue weighted by atomic mass is 16.4. The van der Waals surface area contributed by atoms with Crippen LogP contribution in [0.2, 0.25) is 0 Å². The van der Waals surface area contributed by atoms with Gasteiger partial charge in [0.1, 0.15) is 6.04 Å². The van der Waals surface area contributed by atoms with Crippen LogP contribution in [-0.2, 0) is 4.79 Å². The van der Waals surface area contributed by atoms with E-state index < -0.39 is 35.9 Å². The van der Waals surface area contributed by atoms with Gasteiger partial charge in [-0.1, -0.05) is 0 Å². The first kappa shape index (κ1) is 28.6. The molecule has 17 nitrogen and oxygen atoms in total. The molecule has 1 rings (SSSR count). The fourth-order valence-electron chi connectivity index (χ4n) is 2.72. The number of aromatic nitrogens is 2. The molecule has 0 aliphatic rings. The smallest absolute Gasteiger partial charge is 0.405 e. The number of anilines is 2. The molecule has 13 N–H and O–H groups in total. The summed E-state index contributed by atoms with van der Waals surface area (Å²) in [4.78, 5) is 65.6. The lowest BCUT2D eigenvalue weighted by atomic mass is 10.1. The second-order valence-electron chi connectivity index (χ2n) is 7.01. The number of amides is 5. The zero-order valence-electron chi connectivity index (χ0n) is 18.8. The maximum absolute atomic E-state index is 12.3. The van der Waals surface area contributed by atoms with E-state index in [2.05, 4.69) is 36.6 Å². The second kappa shape index (κ2) is 14.7. The summed E-state index contributed by atoms with van der Waals surface area (Å²) >= 11 is 0. The summed E-state index contributed by atoms with van der Waals surface area (Å²) in [5.41, 5.74) is 16.1. The molecule has 0 aliphatic carbocycles. The quantitative estimate of drug-likeness (QED) is 0.117. The van der Waals surface area contributed by atoms with Crippen LogP contribution in [0, 0.1) is 0 Å². The van der Waals surface area contributed by atoms with Gasteiger partial charge in [0.05, 0.1) is 0 Å². The number of nitrogen functional groups attached to an aromatic ring is 2. The minimum absolute atomic E-state index is 0.0503. The summed E-state index contributed by atoms with van der Waals surface area (Å²) in [6, 6.07) is -1.06. The van der Waals surface area contributed by atoms with Crippen molar-refractivity contribution < 1.29 is 34.2 Å². The van der Waals surface area contributed by atoms with Gasteiger partial charge in [-0.15, -0.1) is 0 Å². The van der Waals surface area contributed by atoms with Crippen molar-refractivity contribution in [1.29, 1.82) is 0 Å². The number of nitrogens with one attached hydrogen (secondary N) is 5. The lowest BCUT2D eigenvalue weighted by Crippen LogP contribution is -2.48. The van der Waals surface area contributed by atoms with Crippen molar-refractivity contribution in [3.63, 3.8) is 0 Å². The van der Waals surface area contributed by atoms with Crippen molar-refractivity contribution in [2.75, 3.05) is 44.2 Å².